The fraction of sp³-hybridized carbons (Fsp3) is 0.375. The van der Waals surface area contributed by atoms with E-state index >= 15 is 0 Å². The second kappa shape index (κ2) is 10.9. The number of aromatic nitrogens is 1. The van der Waals surface area contributed by atoms with E-state index in [1.165, 1.54) is 11.8 Å². The third-order valence-electron chi connectivity index (χ3n) is 5.06. The fourth-order valence-electron chi connectivity index (χ4n) is 3.22. The van der Waals surface area contributed by atoms with Gasteiger partial charge in [-0.3, -0.25) is 9.59 Å². The molecular formula is C24H28BrNO4S. The molecule has 0 aliphatic carbocycles. The number of nitrogens with zero attached hydrogens (tertiary/aromatic N) is 1. The smallest absolute Gasteiger partial charge is 0.308 e. The highest BCUT2D eigenvalue weighted by Gasteiger charge is 2.24. The molecule has 0 fully saturated rings. The Balaban J connectivity index is 0.00000341. The van der Waals surface area contributed by atoms with Gasteiger partial charge in [-0.25, -0.2) is 0 Å². The average Bonchev–Trinajstić information content (AvgIpc) is 3.00. The van der Waals surface area contributed by atoms with E-state index in [1.54, 1.807) is 17.4 Å². The highest BCUT2D eigenvalue weighted by atomic mass is 79.9. The zero-order chi connectivity index (χ0) is 21.8. The van der Waals surface area contributed by atoms with E-state index in [0.29, 0.717) is 29.6 Å². The molecule has 0 amide bonds. The lowest BCUT2D eigenvalue weighted by Crippen LogP contribution is -3.00. The van der Waals surface area contributed by atoms with Gasteiger partial charge in [-0.15, -0.1) is 0 Å². The van der Waals surface area contributed by atoms with Crippen LogP contribution in [0.2, 0.25) is 0 Å². The van der Waals surface area contributed by atoms with Crippen molar-refractivity contribution in [2.45, 2.75) is 47.6 Å². The van der Waals surface area contributed by atoms with Gasteiger partial charge in [-0.2, -0.15) is 4.57 Å². The molecule has 5 nitrogen and oxygen atoms in total. The summed E-state index contributed by atoms with van der Waals surface area (Å²) in [5, 5.41) is 1.52. The van der Waals surface area contributed by atoms with Crippen LogP contribution in [0.1, 0.15) is 48.1 Å². The molecule has 0 radical (unpaired) electrons. The Hall–Kier alpha value is -2.25. The van der Waals surface area contributed by atoms with Crippen LogP contribution in [-0.2, 0) is 11.3 Å². The molecular weight excluding hydrogens is 478 g/mol. The van der Waals surface area contributed by atoms with Crippen molar-refractivity contribution in [3.8, 4) is 11.5 Å². The number of fused-ring (bicyclic) bond motifs is 1. The van der Waals surface area contributed by atoms with Gasteiger partial charge in [0.15, 0.2) is 5.69 Å². The first-order chi connectivity index (χ1) is 14.3. The number of ketones is 1. The minimum Gasteiger partial charge on any atom is -1.00 e. The summed E-state index contributed by atoms with van der Waals surface area (Å²) in [6.45, 7) is 10.4. The molecule has 0 atom stereocenters. The van der Waals surface area contributed by atoms with E-state index in [2.05, 4.69) is 13.8 Å². The summed E-state index contributed by atoms with van der Waals surface area (Å²) in [6.07, 6.45) is 0.880. The van der Waals surface area contributed by atoms with Gasteiger partial charge < -0.3 is 26.5 Å². The molecule has 0 saturated heterocycles. The van der Waals surface area contributed by atoms with Crippen LogP contribution in [0.4, 0.5) is 0 Å². The highest BCUT2D eigenvalue weighted by molar-refractivity contribution is 7.09. The molecule has 0 aliphatic rings. The third kappa shape index (κ3) is 5.92. The minimum absolute atomic E-state index is 0. The van der Waals surface area contributed by atoms with Gasteiger partial charge in [0.05, 0.1) is 17.0 Å². The number of esters is 1. The summed E-state index contributed by atoms with van der Waals surface area (Å²) in [6, 6.07) is 9.19. The quantitative estimate of drug-likeness (QED) is 0.203. The topological polar surface area (TPSA) is 56.5 Å². The monoisotopic (exact) mass is 505 g/mol. The Labute approximate surface area is 197 Å². The lowest BCUT2D eigenvalue weighted by atomic mass is 10.0. The fourth-order valence-corrected chi connectivity index (χ4v) is 4.02. The normalized spacial score (nSPS) is 10.8. The second-order valence-corrected chi connectivity index (χ2v) is 8.90. The standard InChI is InChI=1S/C24H28NO4S.BrH/c1-15(2)10-11-28-24-20-9-7-6-8-19(20)23(29-18(5)26)12-21(24)22(27)13-25-14-30-17(4)16(25)3;/h6-9,12,14-15H,10-11,13H2,1-5H3;1H/q+1;/p-1. The summed E-state index contributed by atoms with van der Waals surface area (Å²) >= 11 is 1.61. The number of carbonyl (C=O) groups is 2. The molecule has 2 aromatic carbocycles. The number of hydrogen-bond donors (Lipinski definition) is 0. The number of aryl methyl sites for hydroxylation is 1. The summed E-state index contributed by atoms with van der Waals surface area (Å²) in [4.78, 5) is 26.2. The number of hydrogen-bond acceptors (Lipinski definition) is 5. The Kier molecular flexibility index (Phi) is 8.77. The highest BCUT2D eigenvalue weighted by Crippen LogP contribution is 2.37. The van der Waals surface area contributed by atoms with Crippen molar-refractivity contribution < 1.29 is 40.6 Å². The van der Waals surface area contributed by atoms with Crippen LogP contribution in [-0.4, -0.2) is 18.4 Å². The Morgan fingerprint density at radius 1 is 1.13 bits per heavy atom. The van der Waals surface area contributed by atoms with Crippen LogP contribution in [0, 0.1) is 19.8 Å². The van der Waals surface area contributed by atoms with E-state index in [1.807, 2.05) is 48.2 Å². The van der Waals surface area contributed by atoms with E-state index in [0.717, 1.165) is 22.9 Å². The molecule has 7 heteroatoms. The van der Waals surface area contributed by atoms with Crippen LogP contribution < -0.4 is 31.0 Å². The Morgan fingerprint density at radius 3 is 2.39 bits per heavy atom. The number of Topliss-reactive ketones (excluding diaryl/α,β-unsaturated/α-hetero) is 1. The van der Waals surface area contributed by atoms with Crippen LogP contribution in [0.3, 0.4) is 0 Å². The molecule has 31 heavy (non-hydrogen) atoms. The molecule has 0 N–H and O–H groups in total. The number of carbonyl (C=O) groups excluding carboxylic acids is 2. The van der Waals surface area contributed by atoms with Gasteiger partial charge in [0.1, 0.15) is 11.5 Å². The Morgan fingerprint density at radius 2 is 1.81 bits per heavy atom. The first-order valence-electron chi connectivity index (χ1n) is 10.1. The van der Waals surface area contributed by atoms with Gasteiger partial charge in [0.25, 0.3) is 0 Å². The second-order valence-electron chi connectivity index (χ2n) is 7.84. The lowest BCUT2D eigenvalue weighted by Gasteiger charge is -2.16. The zero-order valence-electron chi connectivity index (χ0n) is 18.5. The SMILES string of the molecule is CC(=O)Oc1cc(C(=O)C[n+]2csc(C)c2C)c(OCCC(C)C)c2ccccc12.[Br-]. The summed E-state index contributed by atoms with van der Waals surface area (Å²) in [5.41, 5.74) is 3.46. The molecule has 0 aliphatic heterocycles. The minimum atomic E-state index is -0.425. The van der Waals surface area contributed by atoms with Crippen LogP contribution >= 0.6 is 11.3 Å². The van der Waals surface area contributed by atoms with Crippen molar-refractivity contribution in [2.75, 3.05) is 6.61 Å². The molecule has 1 heterocycles. The van der Waals surface area contributed by atoms with Crippen LogP contribution in [0.25, 0.3) is 10.8 Å². The van der Waals surface area contributed by atoms with Crippen molar-refractivity contribution >= 4 is 33.9 Å². The predicted molar refractivity (Wildman–Crippen MR) is 119 cm³/mol. The molecule has 0 bridgehead atoms. The third-order valence-corrected chi connectivity index (χ3v) is 6.07. The average molecular weight is 506 g/mol. The lowest BCUT2D eigenvalue weighted by molar-refractivity contribution is -0.684. The summed E-state index contributed by atoms with van der Waals surface area (Å²) < 4.78 is 13.5. The van der Waals surface area contributed by atoms with Gasteiger partial charge >= 0.3 is 5.97 Å². The van der Waals surface area contributed by atoms with Crippen molar-refractivity contribution in [2.24, 2.45) is 5.92 Å². The van der Waals surface area contributed by atoms with Crippen LogP contribution in [0.15, 0.2) is 35.8 Å². The predicted octanol–water partition coefficient (Wildman–Crippen LogP) is 2.04. The van der Waals surface area contributed by atoms with Crippen molar-refractivity contribution in [3.05, 3.63) is 52.0 Å². The van der Waals surface area contributed by atoms with E-state index in [9.17, 15) is 9.59 Å². The molecule has 0 unspecified atom stereocenters. The van der Waals surface area contributed by atoms with Gasteiger partial charge in [-0.05, 0) is 25.3 Å². The summed E-state index contributed by atoms with van der Waals surface area (Å²) in [7, 11) is 0. The first-order valence-corrected chi connectivity index (χ1v) is 11.0. The molecule has 3 rings (SSSR count). The maximum atomic E-state index is 13.3. The number of benzene rings is 2. The van der Waals surface area contributed by atoms with Crippen molar-refractivity contribution in [3.63, 3.8) is 0 Å². The molecule has 1 aromatic heterocycles. The maximum absolute atomic E-state index is 13.3. The van der Waals surface area contributed by atoms with Gasteiger partial charge in [0.2, 0.25) is 17.8 Å². The molecule has 0 saturated carbocycles. The van der Waals surface area contributed by atoms with Crippen molar-refractivity contribution in [1.82, 2.24) is 0 Å². The number of thiazole rings is 1. The van der Waals surface area contributed by atoms with E-state index in [4.69, 9.17) is 9.47 Å². The Bertz CT molecular complexity index is 1090. The largest absolute Gasteiger partial charge is 1.00 e. The maximum Gasteiger partial charge on any atom is 0.308 e. The number of halogens is 1. The van der Waals surface area contributed by atoms with Gasteiger partial charge in [0, 0.05) is 24.6 Å². The molecule has 0 spiro atoms. The molecule has 3 aromatic rings. The summed E-state index contributed by atoms with van der Waals surface area (Å²) in [5.74, 6) is 0.909. The van der Waals surface area contributed by atoms with Crippen molar-refractivity contribution in [1.29, 1.82) is 0 Å². The number of rotatable bonds is 8. The van der Waals surface area contributed by atoms with E-state index < -0.39 is 5.97 Å². The first kappa shape index (κ1) is 25.0. The zero-order valence-corrected chi connectivity index (χ0v) is 20.9. The molecule has 166 valence electrons. The number of ether oxygens (including phenoxy) is 2. The van der Waals surface area contributed by atoms with Crippen LogP contribution in [0.5, 0.6) is 11.5 Å². The van der Waals surface area contributed by atoms with Gasteiger partial charge in [-0.1, -0.05) is 49.4 Å². The van der Waals surface area contributed by atoms with E-state index in [-0.39, 0.29) is 29.3 Å².